The van der Waals surface area contributed by atoms with Gasteiger partial charge in [-0.25, -0.2) is 15.0 Å². The predicted molar refractivity (Wildman–Crippen MR) is 120 cm³/mol. The molecule has 0 radical (unpaired) electrons. The van der Waals surface area contributed by atoms with Gasteiger partial charge in [-0.05, 0) is 24.3 Å². The van der Waals surface area contributed by atoms with Crippen molar-refractivity contribution in [2.45, 2.75) is 0 Å². The number of para-hydroxylation sites is 2. The highest BCUT2D eigenvalue weighted by Gasteiger charge is 2.25. The summed E-state index contributed by atoms with van der Waals surface area (Å²) in [6.07, 6.45) is 6.82. The second-order valence-corrected chi connectivity index (χ2v) is 7.39. The average molecular weight is 426 g/mol. The highest BCUT2D eigenvalue weighted by Crippen LogP contribution is 2.27. The van der Waals surface area contributed by atoms with Gasteiger partial charge in [0.15, 0.2) is 0 Å². The van der Waals surface area contributed by atoms with Crippen molar-refractivity contribution in [1.29, 1.82) is 0 Å². The van der Waals surface area contributed by atoms with Gasteiger partial charge in [0.25, 0.3) is 5.91 Å². The molecule has 8 heteroatoms. The fraction of sp³-hybridized carbons (Fsp3) is 0.167. The van der Waals surface area contributed by atoms with Crippen molar-refractivity contribution in [2.24, 2.45) is 0 Å². The Hall–Kier alpha value is -4.20. The maximum atomic E-state index is 13.3. The molecule has 0 aliphatic carbocycles. The van der Waals surface area contributed by atoms with E-state index in [9.17, 15) is 4.79 Å². The first-order chi connectivity index (χ1) is 15.8. The zero-order chi connectivity index (χ0) is 21.8. The number of carbonyl (C=O) groups excluding carboxylic acids is 1. The Morgan fingerprint density at radius 3 is 2.41 bits per heavy atom. The Bertz CT molecular complexity index is 1190. The number of nitrogens with zero attached hydrogens (tertiary/aromatic N) is 6. The molecule has 0 bridgehead atoms. The van der Waals surface area contributed by atoms with Gasteiger partial charge >= 0.3 is 0 Å². The lowest BCUT2D eigenvalue weighted by atomic mass is 10.1. The van der Waals surface area contributed by atoms with E-state index in [1.807, 2.05) is 76.3 Å². The minimum absolute atomic E-state index is 0.0297. The molecule has 1 saturated heterocycles. The summed E-state index contributed by atoms with van der Waals surface area (Å²) in [5, 5.41) is 0. The highest BCUT2D eigenvalue weighted by molar-refractivity contribution is 5.97. The topological polar surface area (TPSA) is 76.4 Å². The number of amides is 1. The molecule has 1 aliphatic rings. The van der Waals surface area contributed by atoms with Crippen LogP contribution in [0.1, 0.15) is 10.4 Å². The number of hydrogen-bond acceptors (Lipinski definition) is 6. The first-order valence-corrected chi connectivity index (χ1v) is 10.4. The summed E-state index contributed by atoms with van der Waals surface area (Å²) in [5.41, 5.74) is 0.564. The second kappa shape index (κ2) is 8.89. The van der Waals surface area contributed by atoms with Crippen LogP contribution in [-0.4, -0.2) is 56.5 Å². The molecule has 1 amide bonds. The van der Waals surface area contributed by atoms with E-state index in [2.05, 4.69) is 19.9 Å². The van der Waals surface area contributed by atoms with E-state index in [1.165, 1.54) is 0 Å². The Morgan fingerprint density at radius 2 is 1.62 bits per heavy atom. The maximum absolute atomic E-state index is 13.3. The third-order valence-corrected chi connectivity index (χ3v) is 5.39. The summed E-state index contributed by atoms with van der Waals surface area (Å²) in [6.45, 7) is 2.58. The number of benzene rings is 2. The zero-order valence-electron chi connectivity index (χ0n) is 17.4. The molecule has 160 valence electrons. The average Bonchev–Trinajstić information content (AvgIpc) is 3.40. The molecule has 2 aromatic carbocycles. The van der Waals surface area contributed by atoms with E-state index in [-0.39, 0.29) is 5.91 Å². The van der Waals surface area contributed by atoms with Gasteiger partial charge in [0.1, 0.15) is 35.8 Å². The van der Waals surface area contributed by atoms with Crippen LogP contribution in [0.5, 0.6) is 11.5 Å². The van der Waals surface area contributed by atoms with E-state index in [0.717, 1.165) is 11.6 Å². The molecule has 1 aliphatic heterocycles. The molecule has 32 heavy (non-hydrogen) atoms. The molecule has 2 aromatic heterocycles. The van der Waals surface area contributed by atoms with Gasteiger partial charge in [-0.15, -0.1) is 0 Å². The van der Waals surface area contributed by atoms with Crippen molar-refractivity contribution in [3.8, 4) is 17.3 Å². The molecule has 1 fully saturated rings. The van der Waals surface area contributed by atoms with Crippen LogP contribution in [0.3, 0.4) is 0 Å². The van der Waals surface area contributed by atoms with Gasteiger partial charge < -0.3 is 14.5 Å². The highest BCUT2D eigenvalue weighted by atomic mass is 16.5. The van der Waals surface area contributed by atoms with Crippen LogP contribution < -0.4 is 9.64 Å². The first kappa shape index (κ1) is 19.7. The Balaban J connectivity index is 1.27. The first-order valence-electron chi connectivity index (χ1n) is 10.4. The zero-order valence-corrected chi connectivity index (χ0v) is 17.4. The van der Waals surface area contributed by atoms with E-state index < -0.39 is 0 Å². The Labute approximate surface area is 185 Å². The van der Waals surface area contributed by atoms with Crippen molar-refractivity contribution in [2.75, 3.05) is 31.1 Å². The summed E-state index contributed by atoms with van der Waals surface area (Å²) in [7, 11) is 0. The Morgan fingerprint density at radius 1 is 0.875 bits per heavy atom. The molecule has 0 N–H and O–H groups in total. The predicted octanol–water partition coefficient (Wildman–Crippen LogP) is 3.42. The second-order valence-electron chi connectivity index (χ2n) is 7.39. The van der Waals surface area contributed by atoms with Gasteiger partial charge in [0, 0.05) is 44.6 Å². The van der Waals surface area contributed by atoms with Crippen LogP contribution in [0.2, 0.25) is 0 Å². The van der Waals surface area contributed by atoms with Crippen LogP contribution in [0, 0.1) is 0 Å². The summed E-state index contributed by atoms with van der Waals surface area (Å²) < 4.78 is 7.82. The molecule has 4 aromatic rings. The molecule has 0 saturated carbocycles. The van der Waals surface area contributed by atoms with Gasteiger partial charge in [0.05, 0.1) is 5.56 Å². The lowest BCUT2D eigenvalue weighted by Crippen LogP contribution is -2.49. The number of hydrogen-bond donors (Lipinski definition) is 0. The lowest BCUT2D eigenvalue weighted by Gasteiger charge is -2.35. The van der Waals surface area contributed by atoms with E-state index in [1.54, 1.807) is 18.9 Å². The SMILES string of the molecule is O=C(c1ccccc1Oc1ccccc1)N1CCN(c2cc(-n3ccnc3)ncn2)CC1. The quantitative estimate of drug-likeness (QED) is 0.487. The van der Waals surface area contributed by atoms with E-state index in [4.69, 9.17) is 4.74 Å². The lowest BCUT2D eigenvalue weighted by molar-refractivity contribution is 0.0744. The molecule has 0 spiro atoms. The fourth-order valence-corrected chi connectivity index (χ4v) is 3.70. The van der Waals surface area contributed by atoms with Crippen molar-refractivity contribution in [3.63, 3.8) is 0 Å². The molecular weight excluding hydrogens is 404 g/mol. The number of rotatable bonds is 5. The number of aromatic nitrogens is 4. The standard InChI is InChI=1S/C24H22N6O2/c31-24(20-8-4-5-9-21(20)32-19-6-2-1-3-7-19)29-14-12-28(13-15-29)22-16-23(27-17-26-22)30-11-10-25-18-30/h1-11,16-18H,12-15H2. The number of ether oxygens (including phenoxy) is 1. The summed E-state index contributed by atoms with van der Waals surface area (Å²) in [6, 6.07) is 18.8. The molecule has 8 nitrogen and oxygen atoms in total. The van der Waals surface area contributed by atoms with Crippen LogP contribution in [0.15, 0.2) is 85.7 Å². The third-order valence-electron chi connectivity index (χ3n) is 5.39. The number of carbonyl (C=O) groups is 1. The van der Waals surface area contributed by atoms with Crippen molar-refractivity contribution >= 4 is 11.7 Å². The number of piperazine rings is 1. The summed E-state index contributed by atoms with van der Waals surface area (Å²) in [5.74, 6) is 2.83. The largest absolute Gasteiger partial charge is 0.457 e. The fourth-order valence-electron chi connectivity index (χ4n) is 3.70. The minimum Gasteiger partial charge on any atom is -0.457 e. The molecule has 5 rings (SSSR count). The maximum Gasteiger partial charge on any atom is 0.257 e. The van der Waals surface area contributed by atoms with Crippen molar-refractivity contribution in [1.82, 2.24) is 24.4 Å². The molecule has 0 atom stereocenters. The molecule has 0 unspecified atom stereocenters. The Kier molecular flexibility index (Phi) is 5.48. The van der Waals surface area contributed by atoms with Gasteiger partial charge in [-0.1, -0.05) is 30.3 Å². The monoisotopic (exact) mass is 426 g/mol. The van der Waals surface area contributed by atoms with E-state index >= 15 is 0 Å². The smallest absolute Gasteiger partial charge is 0.257 e. The van der Waals surface area contributed by atoms with Crippen LogP contribution in [0.25, 0.3) is 5.82 Å². The van der Waals surface area contributed by atoms with Gasteiger partial charge in [-0.2, -0.15) is 0 Å². The number of imidazole rings is 1. The van der Waals surface area contributed by atoms with Crippen molar-refractivity contribution < 1.29 is 9.53 Å². The molecular formula is C24H22N6O2. The van der Waals surface area contributed by atoms with Crippen LogP contribution >= 0.6 is 0 Å². The number of anilines is 1. The van der Waals surface area contributed by atoms with Crippen LogP contribution in [-0.2, 0) is 0 Å². The minimum atomic E-state index is -0.0297. The molecule has 3 heterocycles. The van der Waals surface area contributed by atoms with Gasteiger partial charge in [0.2, 0.25) is 0 Å². The third kappa shape index (κ3) is 4.15. The van der Waals surface area contributed by atoms with E-state index in [0.29, 0.717) is 43.2 Å². The van der Waals surface area contributed by atoms with Crippen molar-refractivity contribution in [3.05, 3.63) is 91.3 Å². The van der Waals surface area contributed by atoms with Crippen LogP contribution in [0.4, 0.5) is 5.82 Å². The normalized spacial score (nSPS) is 13.8. The summed E-state index contributed by atoms with van der Waals surface area (Å²) >= 11 is 0. The summed E-state index contributed by atoms with van der Waals surface area (Å²) in [4.78, 5) is 30.1. The van der Waals surface area contributed by atoms with Gasteiger partial charge in [-0.3, -0.25) is 9.36 Å².